The Morgan fingerprint density at radius 1 is 0.921 bits per heavy atom. The van der Waals surface area contributed by atoms with Gasteiger partial charge >= 0.3 is 0 Å². The number of likely N-dealkylation sites (tertiary alicyclic amines) is 1. The Labute approximate surface area is 223 Å². The fraction of sp³-hybridized carbons (Fsp3) is 0.367. The Morgan fingerprint density at radius 2 is 1.63 bits per heavy atom. The van der Waals surface area contributed by atoms with Crippen molar-refractivity contribution in [3.63, 3.8) is 0 Å². The van der Waals surface area contributed by atoms with Gasteiger partial charge in [-0.1, -0.05) is 18.2 Å². The molecule has 0 spiro atoms. The van der Waals surface area contributed by atoms with Gasteiger partial charge in [0.2, 0.25) is 0 Å². The largest absolute Gasteiger partial charge is 0.496 e. The molecule has 2 aromatic carbocycles. The second-order valence-electron chi connectivity index (χ2n) is 9.34. The molecule has 1 fully saturated rings. The SMILES string of the molecule is COc1ccccc1CCNC(=O)c1ccc(C)nc1C1CCN(C(=O)c2ccc(OC)c(OC)c2)CC1. The molecule has 200 valence electrons. The van der Waals surface area contributed by atoms with Gasteiger partial charge in [-0.15, -0.1) is 0 Å². The summed E-state index contributed by atoms with van der Waals surface area (Å²) in [5.74, 6) is 1.84. The maximum Gasteiger partial charge on any atom is 0.253 e. The lowest BCUT2D eigenvalue weighted by Gasteiger charge is -2.32. The van der Waals surface area contributed by atoms with Gasteiger partial charge in [-0.25, -0.2) is 0 Å². The normalized spacial score (nSPS) is 13.6. The predicted octanol–water partition coefficient (Wildman–Crippen LogP) is 4.41. The van der Waals surface area contributed by atoms with Gasteiger partial charge in [0.1, 0.15) is 5.75 Å². The fourth-order valence-electron chi connectivity index (χ4n) is 4.90. The van der Waals surface area contributed by atoms with Crippen LogP contribution in [0.1, 0.15) is 56.4 Å². The lowest BCUT2D eigenvalue weighted by molar-refractivity contribution is 0.0710. The van der Waals surface area contributed by atoms with E-state index in [-0.39, 0.29) is 17.7 Å². The highest BCUT2D eigenvalue weighted by Gasteiger charge is 2.28. The first kappa shape index (κ1) is 27.0. The van der Waals surface area contributed by atoms with E-state index < -0.39 is 0 Å². The van der Waals surface area contributed by atoms with Crippen LogP contribution in [-0.4, -0.2) is 62.7 Å². The Morgan fingerprint density at radius 3 is 2.34 bits per heavy atom. The molecular weight excluding hydrogens is 482 g/mol. The van der Waals surface area contributed by atoms with Gasteiger partial charge in [0.15, 0.2) is 11.5 Å². The van der Waals surface area contributed by atoms with Crippen molar-refractivity contribution in [3.05, 3.63) is 82.7 Å². The summed E-state index contributed by atoms with van der Waals surface area (Å²) in [4.78, 5) is 32.9. The summed E-state index contributed by atoms with van der Waals surface area (Å²) < 4.78 is 16.0. The molecule has 38 heavy (non-hydrogen) atoms. The Kier molecular flexibility index (Phi) is 8.84. The third-order valence-electron chi connectivity index (χ3n) is 6.98. The second kappa shape index (κ2) is 12.4. The molecule has 0 unspecified atom stereocenters. The molecule has 2 heterocycles. The molecule has 4 rings (SSSR count). The number of carbonyl (C=O) groups excluding carboxylic acids is 2. The number of carbonyl (C=O) groups is 2. The number of aromatic nitrogens is 1. The first-order chi connectivity index (χ1) is 18.4. The highest BCUT2D eigenvalue weighted by Crippen LogP contribution is 2.32. The van der Waals surface area contributed by atoms with E-state index in [1.807, 2.05) is 48.2 Å². The molecule has 0 atom stereocenters. The zero-order chi connectivity index (χ0) is 27.1. The van der Waals surface area contributed by atoms with Crippen molar-refractivity contribution in [2.45, 2.75) is 32.1 Å². The number of nitrogens with one attached hydrogen (secondary N) is 1. The number of hydrogen-bond donors (Lipinski definition) is 1. The number of methoxy groups -OCH3 is 3. The van der Waals surface area contributed by atoms with Crippen LogP contribution in [-0.2, 0) is 6.42 Å². The van der Waals surface area contributed by atoms with Crippen LogP contribution in [0.25, 0.3) is 0 Å². The van der Waals surface area contributed by atoms with E-state index in [1.54, 1.807) is 39.5 Å². The molecule has 1 saturated heterocycles. The van der Waals surface area contributed by atoms with Crippen molar-refractivity contribution in [2.24, 2.45) is 0 Å². The monoisotopic (exact) mass is 517 g/mol. The van der Waals surface area contributed by atoms with Gasteiger partial charge < -0.3 is 24.4 Å². The molecule has 8 nitrogen and oxygen atoms in total. The highest BCUT2D eigenvalue weighted by atomic mass is 16.5. The third-order valence-corrected chi connectivity index (χ3v) is 6.98. The summed E-state index contributed by atoms with van der Waals surface area (Å²) in [6.07, 6.45) is 2.13. The molecule has 8 heteroatoms. The van der Waals surface area contributed by atoms with Crippen LogP contribution >= 0.6 is 0 Å². The van der Waals surface area contributed by atoms with Crippen LogP contribution in [0.4, 0.5) is 0 Å². The van der Waals surface area contributed by atoms with E-state index in [0.717, 1.165) is 35.5 Å². The predicted molar refractivity (Wildman–Crippen MR) is 145 cm³/mol. The van der Waals surface area contributed by atoms with Gasteiger partial charge in [-0.05, 0) is 68.1 Å². The van der Waals surface area contributed by atoms with Crippen molar-refractivity contribution < 1.29 is 23.8 Å². The van der Waals surface area contributed by atoms with Crippen molar-refractivity contribution >= 4 is 11.8 Å². The first-order valence-corrected chi connectivity index (χ1v) is 12.8. The molecule has 0 radical (unpaired) electrons. The van der Waals surface area contributed by atoms with Crippen LogP contribution in [0.3, 0.4) is 0 Å². The van der Waals surface area contributed by atoms with Crippen LogP contribution in [0, 0.1) is 6.92 Å². The van der Waals surface area contributed by atoms with E-state index in [1.165, 1.54) is 0 Å². The molecule has 1 aliphatic rings. The topological polar surface area (TPSA) is 90.0 Å². The minimum absolute atomic E-state index is 0.0455. The highest BCUT2D eigenvalue weighted by molar-refractivity contribution is 5.96. The van der Waals surface area contributed by atoms with Gasteiger partial charge in [-0.3, -0.25) is 14.6 Å². The average molecular weight is 518 g/mol. The quantitative estimate of drug-likeness (QED) is 0.452. The zero-order valence-corrected chi connectivity index (χ0v) is 22.5. The molecule has 0 aliphatic carbocycles. The summed E-state index contributed by atoms with van der Waals surface area (Å²) >= 11 is 0. The van der Waals surface area contributed by atoms with Crippen molar-refractivity contribution in [1.29, 1.82) is 0 Å². The van der Waals surface area contributed by atoms with Crippen LogP contribution in [0.2, 0.25) is 0 Å². The number of hydrogen-bond acceptors (Lipinski definition) is 6. The Bertz CT molecular complexity index is 1280. The summed E-state index contributed by atoms with van der Waals surface area (Å²) in [5, 5.41) is 3.05. The molecule has 1 N–H and O–H groups in total. The molecule has 2 amide bonds. The summed E-state index contributed by atoms with van der Waals surface area (Å²) in [5.41, 5.74) is 3.88. The van der Waals surface area contributed by atoms with Gasteiger partial charge in [-0.2, -0.15) is 0 Å². The van der Waals surface area contributed by atoms with Gasteiger partial charge in [0.25, 0.3) is 11.8 Å². The molecular formula is C30H35N3O5. The Hall–Kier alpha value is -4.07. The number of ether oxygens (including phenoxy) is 3. The lowest BCUT2D eigenvalue weighted by atomic mass is 9.89. The zero-order valence-electron chi connectivity index (χ0n) is 22.5. The van der Waals surface area contributed by atoms with Gasteiger partial charge in [0.05, 0.1) is 32.6 Å². The number of rotatable bonds is 9. The number of nitrogens with zero attached hydrogens (tertiary/aromatic N) is 2. The lowest BCUT2D eigenvalue weighted by Crippen LogP contribution is -2.38. The van der Waals surface area contributed by atoms with Crippen molar-refractivity contribution in [3.8, 4) is 17.2 Å². The number of piperidine rings is 1. The minimum Gasteiger partial charge on any atom is -0.496 e. The van der Waals surface area contributed by atoms with Crippen LogP contribution in [0.5, 0.6) is 17.2 Å². The third kappa shape index (κ3) is 6.07. The first-order valence-electron chi connectivity index (χ1n) is 12.8. The van der Waals surface area contributed by atoms with Crippen molar-refractivity contribution in [2.75, 3.05) is 41.0 Å². The average Bonchev–Trinajstić information content (AvgIpc) is 2.96. The molecule has 1 aliphatic heterocycles. The van der Waals surface area contributed by atoms with E-state index in [0.29, 0.717) is 48.7 Å². The maximum absolute atomic E-state index is 13.2. The minimum atomic E-state index is -0.133. The summed E-state index contributed by atoms with van der Waals surface area (Å²) in [6, 6.07) is 16.7. The number of aryl methyl sites for hydroxylation is 1. The van der Waals surface area contributed by atoms with E-state index in [9.17, 15) is 9.59 Å². The maximum atomic E-state index is 13.2. The number of amides is 2. The second-order valence-corrected chi connectivity index (χ2v) is 9.34. The van der Waals surface area contributed by atoms with Gasteiger partial charge in [0, 0.05) is 36.8 Å². The summed E-state index contributed by atoms with van der Waals surface area (Å²) in [6.45, 7) is 3.60. The summed E-state index contributed by atoms with van der Waals surface area (Å²) in [7, 11) is 4.77. The van der Waals surface area contributed by atoms with E-state index >= 15 is 0 Å². The van der Waals surface area contributed by atoms with E-state index in [4.69, 9.17) is 19.2 Å². The van der Waals surface area contributed by atoms with Crippen LogP contribution < -0.4 is 19.5 Å². The molecule has 0 bridgehead atoms. The number of pyridine rings is 1. The molecule has 1 aromatic heterocycles. The smallest absolute Gasteiger partial charge is 0.253 e. The number of para-hydroxylation sites is 1. The molecule has 3 aromatic rings. The van der Waals surface area contributed by atoms with E-state index in [2.05, 4.69) is 5.32 Å². The fourth-order valence-corrected chi connectivity index (χ4v) is 4.90. The standard InChI is InChI=1S/C30H35N3O5/c1-20-9-11-24(29(34)31-16-13-21-7-5-6-8-25(21)36-2)28(32-20)22-14-17-33(18-15-22)30(35)23-10-12-26(37-3)27(19-23)38-4/h5-12,19,22H,13-18H2,1-4H3,(H,31,34). The van der Waals surface area contributed by atoms with Crippen LogP contribution in [0.15, 0.2) is 54.6 Å². The van der Waals surface area contributed by atoms with Crippen molar-refractivity contribution in [1.82, 2.24) is 15.2 Å². The molecule has 0 saturated carbocycles. The number of benzene rings is 2. The Balaban J connectivity index is 1.40.